The lowest BCUT2D eigenvalue weighted by atomic mass is 10.3. The normalized spacial score (nSPS) is 7.56. The van der Waals surface area contributed by atoms with Gasteiger partial charge in [0.25, 0.3) is 0 Å². The molecule has 0 aromatic heterocycles. The molecule has 0 unspecified atom stereocenters. The summed E-state index contributed by atoms with van der Waals surface area (Å²) in [6.45, 7) is 0. The van der Waals surface area contributed by atoms with E-state index in [0.717, 1.165) is 0 Å². The number of hydrogen-bond acceptors (Lipinski definition) is 2. The lowest BCUT2D eigenvalue weighted by Crippen LogP contribution is -2.00. The van der Waals surface area contributed by atoms with Crippen LogP contribution in [0.25, 0.3) is 0 Å². The summed E-state index contributed by atoms with van der Waals surface area (Å²) in [6.07, 6.45) is -0.593. The first-order valence-electron chi connectivity index (χ1n) is 2.06. The van der Waals surface area contributed by atoms with Crippen LogP contribution in [-0.2, 0) is 9.59 Å². The van der Waals surface area contributed by atoms with Crippen molar-refractivity contribution < 1.29 is 19.8 Å². The van der Waals surface area contributed by atoms with Gasteiger partial charge in [0.2, 0.25) is 0 Å². The molecule has 5 heteroatoms. The monoisotopic (exact) mass is 129 g/mol. The number of carboxylic acid groups (broad SMARTS) is 2. The van der Waals surface area contributed by atoms with Gasteiger partial charge in [0, 0.05) is 8.41 Å². The summed E-state index contributed by atoms with van der Waals surface area (Å²) in [7, 11) is 0. The Kier molecular flexibility index (Phi) is 6.23. The van der Waals surface area contributed by atoms with E-state index >= 15 is 0 Å². The molecule has 0 aliphatic rings. The minimum atomic E-state index is -1.08. The Morgan fingerprint density at radius 2 is 1.22 bits per heavy atom. The molecule has 0 aliphatic heterocycles. The standard InChI is InChI=1S/C4H6O4.B/c5-3(6)1-2-4(7)8;/h1-2H2,(H,5,6)(H,7,8);. The largest absolute Gasteiger partial charge is 0.481 e. The van der Waals surface area contributed by atoms with Crippen LogP contribution in [0.3, 0.4) is 0 Å². The molecule has 0 amide bonds. The predicted molar refractivity (Wildman–Crippen MR) is 30.3 cm³/mol. The Morgan fingerprint density at radius 3 is 1.33 bits per heavy atom. The quantitative estimate of drug-likeness (QED) is 0.506. The van der Waals surface area contributed by atoms with Gasteiger partial charge in [0.1, 0.15) is 0 Å². The zero-order valence-electron chi connectivity index (χ0n) is 4.70. The third-order valence-corrected chi connectivity index (χ3v) is 0.553. The van der Waals surface area contributed by atoms with Crippen molar-refractivity contribution in [2.75, 3.05) is 0 Å². The average molecular weight is 129 g/mol. The lowest BCUT2D eigenvalue weighted by Gasteiger charge is -1.85. The van der Waals surface area contributed by atoms with Crippen molar-refractivity contribution in [3.8, 4) is 0 Å². The summed E-state index contributed by atoms with van der Waals surface area (Å²) in [5, 5.41) is 15.8. The Labute approximate surface area is 54.1 Å². The first-order chi connectivity index (χ1) is 3.63. The molecule has 0 aromatic carbocycles. The van der Waals surface area contributed by atoms with Gasteiger partial charge in [-0.15, -0.1) is 0 Å². The van der Waals surface area contributed by atoms with E-state index in [1.54, 1.807) is 0 Å². The molecule has 0 aromatic rings. The van der Waals surface area contributed by atoms with Crippen molar-refractivity contribution in [1.29, 1.82) is 0 Å². The Balaban J connectivity index is 0. The molecule has 0 bridgehead atoms. The number of aliphatic carboxylic acids is 2. The topological polar surface area (TPSA) is 74.6 Å². The Morgan fingerprint density at radius 1 is 1.00 bits per heavy atom. The summed E-state index contributed by atoms with van der Waals surface area (Å²) in [5.41, 5.74) is 0. The molecule has 3 radical (unpaired) electrons. The predicted octanol–water partition coefficient (Wildman–Crippen LogP) is -0.445. The van der Waals surface area contributed by atoms with Crippen LogP contribution in [0.2, 0.25) is 0 Å². The molecule has 0 spiro atoms. The van der Waals surface area contributed by atoms with Crippen LogP contribution in [0.5, 0.6) is 0 Å². The van der Waals surface area contributed by atoms with E-state index in [4.69, 9.17) is 10.2 Å². The van der Waals surface area contributed by atoms with Crippen LogP contribution in [0.1, 0.15) is 12.8 Å². The highest BCUT2D eigenvalue weighted by Gasteiger charge is 2.00. The third-order valence-electron chi connectivity index (χ3n) is 0.553. The fraction of sp³-hybridized carbons (Fsp3) is 0.500. The van der Waals surface area contributed by atoms with Gasteiger partial charge in [0.05, 0.1) is 12.8 Å². The molecule has 2 N–H and O–H groups in total. The molecule has 0 rings (SSSR count). The SMILES string of the molecule is O=C(O)CCC(=O)O.[B]. The maximum Gasteiger partial charge on any atom is 0.303 e. The Bertz CT molecular complexity index is 97.1. The van der Waals surface area contributed by atoms with Gasteiger partial charge in [-0.25, -0.2) is 0 Å². The van der Waals surface area contributed by atoms with Gasteiger partial charge >= 0.3 is 11.9 Å². The molecule has 0 aliphatic carbocycles. The fourth-order valence-electron chi connectivity index (χ4n) is 0.214. The highest BCUT2D eigenvalue weighted by molar-refractivity contribution is 5.75. The van der Waals surface area contributed by atoms with Crippen LogP contribution < -0.4 is 0 Å². The summed E-state index contributed by atoms with van der Waals surface area (Å²) >= 11 is 0. The number of rotatable bonds is 3. The minimum absolute atomic E-state index is 0. The number of hydrogen-bond donors (Lipinski definition) is 2. The summed E-state index contributed by atoms with van der Waals surface area (Å²) in [6, 6.07) is 0. The molecule has 9 heavy (non-hydrogen) atoms. The molecule has 0 fully saturated rings. The van der Waals surface area contributed by atoms with Gasteiger partial charge in [-0.05, 0) is 0 Å². The first kappa shape index (κ1) is 10.9. The molecule has 4 nitrogen and oxygen atoms in total. The van der Waals surface area contributed by atoms with Gasteiger partial charge in [-0.1, -0.05) is 0 Å². The van der Waals surface area contributed by atoms with Crippen molar-refractivity contribution in [2.24, 2.45) is 0 Å². The summed E-state index contributed by atoms with van der Waals surface area (Å²) in [5.74, 6) is -2.15. The second kappa shape index (κ2) is 5.15. The van der Waals surface area contributed by atoms with E-state index in [9.17, 15) is 9.59 Å². The second-order valence-electron chi connectivity index (χ2n) is 1.29. The zero-order chi connectivity index (χ0) is 6.57. The summed E-state index contributed by atoms with van der Waals surface area (Å²) in [4.78, 5) is 19.3. The van der Waals surface area contributed by atoms with Gasteiger partial charge in [-0.2, -0.15) is 0 Å². The second-order valence-corrected chi connectivity index (χ2v) is 1.29. The van der Waals surface area contributed by atoms with Crippen molar-refractivity contribution in [1.82, 2.24) is 0 Å². The minimum Gasteiger partial charge on any atom is -0.481 e. The maximum absolute atomic E-state index is 9.64. The van der Waals surface area contributed by atoms with Crippen LogP contribution >= 0.6 is 0 Å². The molecular formula is C4H6BO4. The third kappa shape index (κ3) is 10.9. The van der Waals surface area contributed by atoms with E-state index in [1.165, 1.54) is 0 Å². The lowest BCUT2D eigenvalue weighted by molar-refractivity contribution is -0.143. The highest BCUT2D eigenvalue weighted by atomic mass is 16.4. The maximum atomic E-state index is 9.64. The Hall–Kier alpha value is -0.995. The highest BCUT2D eigenvalue weighted by Crippen LogP contribution is 1.85. The number of carbonyl (C=O) groups is 2. The van der Waals surface area contributed by atoms with Gasteiger partial charge < -0.3 is 10.2 Å². The van der Waals surface area contributed by atoms with E-state index in [-0.39, 0.29) is 21.3 Å². The van der Waals surface area contributed by atoms with Crippen molar-refractivity contribution in [2.45, 2.75) is 12.8 Å². The molecule has 0 saturated carbocycles. The van der Waals surface area contributed by atoms with E-state index in [0.29, 0.717) is 0 Å². The number of carboxylic acids is 2. The molecular weight excluding hydrogens is 123 g/mol. The van der Waals surface area contributed by atoms with Crippen molar-refractivity contribution in [3.63, 3.8) is 0 Å². The molecule has 0 saturated heterocycles. The van der Waals surface area contributed by atoms with Crippen LogP contribution in [0.4, 0.5) is 0 Å². The average Bonchev–Trinajstić information content (AvgIpc) is 1.61. The molecule has 49 valence electrons. The zero-order valence-corrected chi connectivity index (χ0v) is 4.70. The smallest absolute Gasteiger partial charge is 0.303 e. The molecule has 0 heterocycles. The van der Waals surface area contributed by atoms with E-state index in [2.05, 4.69) is 0 Å². The van der Waals surface area contributed by atoms with Gasteiger partial charge in [-0.3, -0.25) is 9.59 Å². The van der Waals surface area contributed by atoms with Crippen LogP contribution in [0, 0.1) is 0 Å². The molecule has 0 atom stereocenters. The van der Waals surface area contributed by atoms with Crippen LogP contribution in [-0.4, -0.2) is 30.6 Å². The van der Waals surface area contributed by atoms with E-state index < -0.39 is 11.9 Å². The van der Waals surface area contributed by atoms with E-state index in [1.807, 2.05) is 0 Å². The first-order valence-corrected chi connectivity index (χ1v) is 2.06. The fourth-order valence-corrected chi connectivity index (χ4v) is 0.214. The van der Waals surface area contributed by atoms with Crippen molar-refractivity contribution in [3.05, 3.63) is 0 Å². The summed E-state index contributed by atoms with van der Waals surface area (Å²) < 4.78 is 0. The van der Waals surface area contributed by atoms with Crippen LogP contribution in [0.15, 0.2) is 0 Å². The van der Waals surface area contributed by atoms with Crippen molar-refractivity contribution >= 4 is 20.4 Å². The van der Waals surface area contributed by atoms with Gasteiger partial charge in [0.15, 0.2) is 0 Å².